The summed E-state index contributed by atoms with van der Waals surface area (Å²) in [6.45, 7) is 0.925. The molecule has 3 rings (SSSR count). The van der Waals surface area contributed by atoms with Crippen LogP contribution in [0.1, 0.15) is 17.0 Å². The van der Waals surface area contributed by atoms with Gasteiger partial charge in [0.05, 0.1) is 24.3 Å². The molecule has 0 fully saturated rings. The molecule has 0 unspecified atom stereocenters. The quantitative estimate of drug-likeness (QED) is 0.867. The molecule has 2 heterocycles. The highest BCUT2D eigenvalue weighted by Gasteiger charge is 2.24. The third-order valence-electron chi connectivity index (χ3n) is 3.80. The van der Waals surface area contributed by atoms with Crippen molar-refractivity contribution in [3.05, 3.63) is 53.6 Å². The fraction of sp³-hybridized carbons (Fsp3) is 0.312. The number of aromatic nitrogens is 2. The van der Waals surface area contributed by atoms with E-state index >= 15 is 0 Å². The smallest absolute Gasteiger partial charge is 0.407 e. The minimum atomic E-state index is -0.963. The Morgan fingerprint density at radius 1 is 1.26 bits per heavy atom. The van der Waals surface area contributed by atoms with E-state index < -0.39 is 6.09 Å². The van der Waals surface area contributed by atoms with Crippen LogP contribution in [-0.2, 0) is 35.6 Å². The maximum atomic E-state index is 12.0. The fourth-order valence-electron chi connectivity index (χ4n) is 2.56. The maximum absolute atomic E-state index is 12.0. The molecule has 1 aliphatic rings. The van der Waals surface area contributed by atoms with Gasteiger partial charge in [0, 0.05) is 13.0 Å². The van der Waals surface area contributed by atoms with Crippen LogP contribution in [0.3, 0.4) is 0 Å². The molecule has 0 saturated carbocycles. The van der Waals surface area contributed by atoms with E-state index in [1.165, 1.54) is 4.90 Å². The van der Waals surface area contributed by atoms with Crippen molar-refractivity contribution in [3.63, 3.8) is 0 Å². The van der Waals surface area contributed by atoms with Gasteiger partial charge in [0.25, 0.3) is 0 Å². The first-order valence-corrected chi connectivity index (χ1v) is 7.34. The first-order valence-electron chi connectivity index (χ1n) is 7.34. The van der Waals surface area contributed by atoms with Gasteiger partial charge >= 0.3 is 12.1 Å². The molecular formula is C16H17N3O4. The molecule has 1 aromatic carbocycles. The summed E-state index contributed by atoms with van der Waals surface area (Å²) in [5.74, 6) is -0.374. The van der Waals surface area contributed by atoms with E-state index in [0.717, 1.165) is 17.0 Å². The molecule has 7 heteroatoms. The zero-order valence-corrected chi connectivity index (χ0v) is 12.5. The van der Waals surface area contributed by atoms with Gasteiger partial charge in [-0.1, -0.05) is 30.3 Å². The molecule has 7 nitrogen and oxygen atoms in total. The number of carboxylic acid groups (broad SMARTS) is 1. The molecule has 0 aliphatic carbocycles. The second-order valence-electron chi connectivity index (χ2n) is 5.37. The highest BCUT2D eigenvalue weighted by atomic mass is 16.5. The summed E-state index contributed by atoms with van der Waals surface area (Å²) >= 11 is 0. The number of benzene rings is 1. The number of carbonyl (C=O) groups excluding carboxylic acids is 1. The summed E-state index contributed by atoms with van der Waals surface area (Å²) in [5.41, 5.74) is 2.53. The highest BCUT2D eigenvalue weighted by Crippen LogP contribution is 2.18. The molecule has 0 atom stereocenters. The molecular weight excluding hydrogens is 298 g/mol. The summed E-state index contributed by atoms with van der Waals surface area (Å²) in [5, 5.41) is 9.09. The molecule has 1 aliphatic heterocycles. The van der Waals surface area contributed by atoms with E-state index in [1.54, 1.807) is 10.9 Å². The van der Waals surface area contributed by atoms with Gasteiger partial charge in [-0.2, -0.15) is 0 Å². The Hall–Kier alpha value is -2.83. The second-order valence-corrected chi connectivity index (χ2v) is 5.37. The topological polar surface area (TPSA) is 84.7 Å². The summed E-state index contributed by atoms with van der Waals surface area (Å²) in [6.07, 6.45) is 1.17. The summed E-state index contributed by atoms with van der Waals surface area (Å²) in [7, 11) is 0. The van der Waals surface area contributed by atoms with Crippen molar-refractivity contribution in [1.82, 2.24) is 14.5 Å². The molecule has 0 spiro atoms. The van der Waals surface area contributed by atoms with E-state index in [0.29, 0.717) is 13.0 Å². The number of hydrogen-bond acceptors (Lipinski definition) is 4. The van der Waals surface area contributed by atoms with Crippen molar-refractivity contribution in [1.29, 1.82) is 0 Å². The molecule has 0 saturated heterocycles. The normalized spacial score (nSPS) is 13.5. The number of ether oxygens (including phenoxy) is 1. The van der Waals surface area contributed by atoms with Crippen molar-refractivity contribution in [2.24, 2.45) is 0 Å². The van der Waals surface area contributed by atoms with Gasteiger partial charge in [-0.15, -0.1) is 0 Å². The summed E-state index contributed by atoms with van der Waals surface area (Å²) in [4.78, 5) is 28.6. The predicted octanol–water partition coefficient (Wildman–Crippen LogP) is 1.66. The van der Waals surface area contributed by atoms with Crippen LogP contribution in [0.4, 0.5) is 4.79 Å². The molecule has 1 N–H and O–H groups in total. The Kier molecular flexibility index (Phi) is 4.27. The Bertz CT molecular complexity index is 711. The fourth-order valence-corrected chi connectivity index (χ4v) is 2.56. The third kappa shape index (κ3) is 3.50. The number of imidazole rings is 1. The summed E-state index contributed by atoms with van der Waals surface area (Å²) in [6, 6.07) is 9.44. The Morgan fingerprint density at radius 3 is 2.78 bits per heavy atom. The van der Waals surface area contributed by atoms with Gasteiger partial charge < -0.3 is 19.3 Å². The Balaban J connectivity index is 1.61. The average molecular weight is 315 g/mol. The number of hydrogen-bond donors (Lipinski definition) is 1. The SMILES string of the molecule is O=C(Cn1cnc2c1CN(C(=O)O)CC2)OCc1ccccc1. The molecule has 120 valence electrons. The van der Waals surface area contributed by atoms with Crippen LogP contribution in [0.15, 0.2) is 36.7 Å². The number of nitrogens with zero attached hydrogens (tertiary/aromatic N) is 3. The first kappa shape index (κ1) is 15.1. The lowest BCUT2D eigenvalue weighted by molar-refractivity contribution is -0.145. The number of amides is 1. The van der Waals surface area contributed by atoms with Gasteiger partial charge in [0.15, 0.2) is 0 Å². The molecule has 23 heavy (non-hydrogen) atoms. The van der Waals surface area contributed by atoms with E-state index in [4.69, 9.17) is 9.84 Å². The van der Waals surface area contributed by atoms with Gasteiger partial charge in [0.1, 0.15) is 13.2 Å². The lowest BCUT2D eigenvalue weighted by Gasteiger charge is -2.24. The van der Waals surface area contributed by atoms with Crippen molar-refractivity contribution in [3.8, 4) is 0 Å². The van der Waals surface area contributed by atoms with Gasteiger partial charge in [0.2, 0.25) is 0 Å². The molecule has 1 aromatic heterocycles. The van der Waals surface area contributed by atoms with Gasteiger partial charge in [-0.25, -0.2) is 9.78 Å². The van der Waals surface area contributed by atoms with Crippen LogP contribution in [0.25, 0.3) is 0 Å². The number of fused-ring (bicyclic) bond motifs is 1. The minimum Gasteiger partial charge on any atom is -0.465 e. The standard InChI is InChI=1S/C16H17N3O4/c20-15(23-10-12-4-2-1-3-5-12)9-19-11-17-13-6-7-18(16(21)22)8-14(13)19/h1-5,11H,6-10H2,(H,21,22). The second kappa shape index (κ2) is 6.51. The van der Waals surface area contributed by atoms with E-state index in [-0.39, 0.29) is 25.7 Å². The zero-order chi connectivity index (χ0) is 16.2. The summed E-state index contributed by atoms with van der Waals surface area (Å²) < 4.78 is 6.91. The van der Waals surface area contributed by atoms with Crippen LogP contribution in [-0.4, -0.2) is 38.2 Å². The van der Waals surface area contributed by atoms with Gasteiger partial charge in [-0.05, 0) is 5.56 Å². The van der Waals surface area contributed by atoms with Crippen molar-refractivity contribution >= 4 is 12.1 Å². The third-order valence-corrected chi connectivity index (χ3v) is 3.80. The van der Waals surface area contributed by atoms with Crippen LogP contribution < -0.4 is 0 Å². The van der Waals surface area contributed by atoms with E-state index in [1.807, 2.05) is 30.3 Å². The largest absolute Gasteiger partial charge is 0.465 e. The monoisotopic (exact) mass is 315 g/mol. The van der Waals surface area contributed by atoms with E-state index in [2.05, 4.69) is 4.98 Å². The van der Waals surface area contributed by atoms with Crippen LogP contribution in [0.5, 0.6) is 0 Å². The number of rotatable bonds is 4. The van der Waals surface area contributed by atoms with Gasteiger partial charge in [-0.3, -0.25) is 4.79 Å². The minimum absolute atomic E-state index is 0.0304. The lowest BCUT2D eigenvalue weighted by atomic mass is 10.1. The lowest BCUT2D eigenvalue weighted by Crippen LogP contribution is -2.36. The van der Waals surface area contributed by atoms with Crippen molar-refractivity contribution < 1.29 is 19.4 Å². The molecule has 0 bridgehead atoms. The predicted molar refractivity (Wildman–Crippen MR) is 80.6 cm³/mol. The van der Waals surface area contributed by atoms with Crippen LogP contribution >= 0.6 is 0 Å². The van der Waals surface area contributed by atoms with E-state index in [9.17, 15) is 9.59 Å². The average Bonchev–Trinajstić information content (AvgIpc) is 2.96. The number of esters is 1. The van der Waals surface area contributed by atoms with Crippen molar-refractivity contribution in [2.75, 3.05) is 6.54 Å². The maximum Gasteiger partial charge on any atom is 0.407 e. The Labute approximate surface area is 133 Å². The number of carbonyl (C=O) groups is 2. The Morgan fingerprint density at radius 2 is 2.04 bits per heavy atom. The highest BCUT2D eigenvalue weighted by molar-refractivity contribution is 5.69. The first-order chi connectivity index (χ1) is 11.1. The van der Waals surface area contributed by atoms with Crippen molar-refractivity contribution in [2.45, 2.75) is 26.1 Å². The molecule has 2 aromatic rings. The van der Waals surface area contributed by atoms with Crippen LogP contribution in [0.2, 0.25) is 0 Å². The molecule has 1 amide bonds. The molecule has 0 radical (unpaired) electrons. The zero-order valence-electron chi connectivity index (χ0n) is 12.5. The van der Waals surface area contributed by atoms with Crippen LogP contribution in [0, 0.1) is 0 Å².